The van der Waals surface area contributed by atoms with E-state index in [2.05, 4.69) is 5.10 Å². The molecule has 0 aliphatic heterocycles. The molecule has 0 fully saturated rings. The Kier molecular flexibility index (Phi) is 2.72. The zero-order valence-corrected chi connectivity index (χ0v) is 6.67. The van der Waals surface area contributed by atoms with E-state index in [-0.39, 0.29) is 24.3 Å². The van der Waals surface area contributed by atoms with E-state index in [1.165, 1.54) is 0 Å². The van der Waals surface area contributed by atoms with Gasteiger partial charge in [-0.15, -0.1) is 0 Å². The number of aliphatic hydroxyl groups excluding tert-OH is 1. The van der Waals surface area contributed by atoms with E-state index in [1.807, 2.05) is 0 Å². The summed E-state index contributed by atoms with van der Waals surface area (Å²) in [7, 11) is 10.6. The van der Waals surface area contributed by atoms with Crippen LogP contribution < -0.4 is 11.2 Å². The number of nitrogens with zero attached hydrogens (tertiary/aromatic N) is 3. The second-order valence-corrected chi connectivity index (χ2v) is 2.32. The summed E-state index contributed by atoms with van der Waals surface area (Å²) in [5.74, 6) is 0. The summed E-state index contributed by atoms with van der Waals surface area (Å²) < 4.78 is 1.09. The van der Waals surface area contributed by atoms with Crippen LogP contribution in [0.15, 0.2) is 0 Å². The summed E-state index contributed by atoms with van der Waals surface area (Å²) in [4.78, 5) is 9.69. The molecule has 4 radical (unpaired) electrons. The molecule has 0 saturated heterocycles. The summed E-state index contributed by atoms with van der Waals surface area (Å²) in [6.07, 6.45) is 0. The molecule has 0 amide bonds. The third kappa shape index (κ3) is 1.72. The van der Waals surface area contributed by atoms with Crippen LogP contribution in [-0.2, 0) is 6.54 Å². The summed E-state index contributed by atoms with van der Waals surface area (Å²) in [6, 6.07) is 0. The number of aliphatic hydroxyl groups is 1. The molecular weight excluding hydrogens is 172 g/mol. The van der Waals surface area contributed by atoms with Gasteiger partial charge in [-0.3, -0.25) is 14.8 Å². The zero-order valence-electron chi connectivity index (χ0n) is 6.67. The third-order valence-electron chi connectivity index (χ3n) is 1.49. The highest BCUT2D eigenvalue weighted by Crippen LogP contribution is 1.99. The molecule has 8 heteroatoms. The number of hydrogen-bond donors (Lipinski definition) is 1. The fraction of sp³-hybridized carbons (Fsp3) is 0.400. The second-order valence-electron chi connectivity index (χ2n) is 2.32. The quantitative estimate of drug-likeness (QED) is 0.311. The van der Waals surface area contributed by atoms with E-state index in [0.717, 1.165) is 4.68 Å². The van der Waals surface area contributed by atoms with Gasteiger partial charge in [0.15, 0.2) is 15.7 Å². The minimum atomic E-state index is -0.703. The molecule has 1 heterocycles. The third-order valence-corrected chi connectivity index (χ3v) is 1.49. The minimum absolute atomic E-state index is 0.0872. The molecule has 1 N–H and O–H groups in total. The lowest BCUT2D eigenvalue weighted by Gasteiger charge is -1.98. The molecule has 0 saturated carbocycles. The van der Waals surface area contributed by atoms with Crippen molar-refractivity contribution in [1.29, 1.82) is 0 Å². The van der Waals surface area contributed by atoms with Gasteiger partial charge in [-0.25, -0.2) is 0 Å². The van der Waals surface area contributed by atoms with Crippen molar-refractivity contribution in [3.63, 3.8) is 0 Å². The van der Waals surface area contributed by atoms with E-state index in [4.69, 9.17) is 20.8 Å². The Morgan fingerprint density at radius 1 is 1.62 bits per heavy atom. The second kappa shape index (κ2) is 3.61. The smallest absolute Gasteiger partial charge is 0.291 e. The average Bonchev–Trinajstić information content (AvgIpc) is 2.28. The zero-order chi connectivity index (χ0) is 10.0. The van der Waals surface area contributed by atoms with Crippen molar-refractivity contribution in [2.75, 3.05) is 6.61 Å². The van der Waals surface area contributed by atoms with Crippen molar-refractivity contribution in [3.8, 4) is 0 Å². The number of hydrogen-bond acceptors (Lipinski definition) is 4. The molecular formula is C5H5B2N3O3. The lowest BCUT2D eigenvalue weighted by Crippen LogP contribution is -2.22. The standard InChI is InChI=1S/C5H5B2N3O3/c6-4-3(10(12)13)5(7)9(8-4)1-2-11/h11H,1-2H2. The highest BCUT2D eigenvalue weighted by molar-refractivity contribution is 6.41. The van der Waals surface area contributed by atoms with E-state index < -0.39 is 10.6 Å². The summed E-state index contributed by atoms with van der Waals surface area (Å²) in [5, 5.41) is 22.5. The normalized spacial score (nSPS) is 10.2. The van der Waals surface area contributed by atoms with Crippen molar-refractivity contribution in [2.24, 2.45) is 0 Å². The molecule has 0 unspecified atom stereocenters. The van der Waals surface area contributed by atoms with Crippen molar-refractivity contribution in [2.45, 2.75) is 6.54 Å². The lowest BCUT2D eigenvalue weighted by atomic mass is 9.95. The van der Waals surface area contributed by atoms with Gasteiger partial charge < -0.3 is 5.11 Å². The fourth-order valence-corrected chi connectivity index (χ4v) is 0.937. The van der Waals surface area contributed by atoms with Gasteiger partial charge in [-0.05, 0) is 0 Å². The van der Waals surface area contributed by atoms with Gasteiger partial charge >= 0.3 is 0 Å². The van der Waals surface area contributed by atoms with Crippen LogP contribution in [0.1, 0.15) is 0 Å². The topological polar surface area (TPSA) is 81.2 Å². The Hall–Kier alpha value is -1.30. The van der Waals surface area contributed by atoms with Gasteiger partial charge in [0.2, 0.25) is 0 Å². The van der Waals surface area contributed by atoms with Crippen LogP contribution in [-0.4, -0.2) is 42.1 Å². The Labute approximate surface area is 76.5 Å². The first-order valence-corrected chi connectivity index (χ1v) is 3.45. The maximum absolute atomic E-state index is 10.4. The van der Waals surface area contributed by atoms with Crippen LogP contribution in [0.25, 0.3) is 0 Å². The van der Waals surface area contributed by atoms with E-state index in [9.17, 15) is 10.1 Å². The predicted octanol–water partition coefficient (Wildman–Crippen LogP) is -2.63. The number of rotatable bonds is 3. The van der Waals surface area contributed by atoms with Gasteiger partial charge in [-0.2, -0.15) is 5.10 Å². The van der Waals surface area contributed by atoms with Gasteiger partial charge in [-0.1, -0.05) is 0 Å². The molecule has 1 rings (SSSR count). The molecule has 13 heavy (non-hydrogen) atoms. The predicted molar refractivity (Wildman–Crippen MR) is 46.7 cm³/mol. The summed E-state index contributed by atoms with van der Waals surface area (Å²) >= 11 is 0. The fourth-order valence-electron chi connectivity index (χ4n) is 0.937. The van der Waals surface area contributed by atoms with E-state index >= 15 is 0 Å². The maximum Gasteiger partial charge on any atom is 0.291 e. The summed E-state index contributed by atoms with van der Waals surface area (Å²) in [6.45, 7) is -0.119. The van der Waals surface area contributed by atoms with Gasteiger partial charge in [0.25, 0.3) is 5.69 Å². The molecule has 64 valence electrons. The minimum Gasteiger partial charge on any atom is -0.394 e. The van der Waals surface area contributed by atoms with Crippen LogP contribution in [0, 0.1) is 10.1 Å². The molecule has 0 aliphatic rings. The van der Waals surface area contributed by atoms with Crippen molar-refractivity contribution in [1.82, 2.24) is 9.78 Å². The van der Waals surface area contributed by atoms with Crippen LogP contribution in [0.2, 0.25) is 0 Å². The van der Waals surface area contributed by atoms with Gasteiger partial charge in [0.1, 0.15) is 0 Å². The molecule has 0 aliphatic carbocycles. The Bertz CT molecular complexity index is 338. The Balaban J connectivity index is 3.14. The molecule has 0 bridgehead atoms. The van der Waals surface area contributed by atoms with E-state index in [1.54, 1.807) is 0 Å². The van der Waals surface area contributed by atoms with Crippen LogP contribution >= 0.6 is 0 Å². The van der Waals surface area contributed by atoms with E-state index in [0.29, 0.717) is 0 Å². The van der Waals surface area contributed by atoms with Crippen LogP contribution in [0.4, 0.5) is 5.69 Å². The molecule has 0 aromatic carbocycles. The monoisotopic (exact) mass is 177 g/mol. The van der Waals surface area contributed by atoms with Crippen molar-refractivity contribution >= 4 is 32.6 Å². The molecule has 0 atom stereocenters. The maximum atomic E-state index is 10.4. The van der Waals surface area contributed by atoms with Crippen molar-refractivity contribution in [3.05, 3.63) is 10.1 Å². The Morgan fingerprint density at radius 2 is 2.23 bits per heavy atom. The average molecular weight is 177 g/mol. The molecule has 1 aromatic heterocycles. The summed E-state index contributed by atoms with van der Waals surface area (Å²) in [5.41, 5.74) is -0.791. The molecule has 0 spiro atoms. The Morgan fingerprint density at radius 3 is 2.62 bits per heavy atom. The first kappa shape index (κ1) is 9.79. The van der Waals surface area contributed by atoms with Gasteiger partial charge in [0.05, 0.1) is 29.3 Å². The lowest BCUT2D eigenvalue weighted by molar-refractivity contribution is -0.382. The molecule has 1 aromatic rings. The van der Waals surface area contributed by atoms with Gasteiger partial charge in [0, 0.05) is 0 Å². The number of aromatic nitrogens is 2. The first-order valence-electron chi connectivity index (χ1n) is 3.45. The molecule has 6 nitrogen and oxygen atoms in total. The first-order chi connectivity index (χ1) is 6.07. The SMILES string of the molecule is [B]c1nn(CCO)c([B])c1[N+](=O)[O-]. The highest BCUT2D eigenvalue weighted by atomic mass is 16.6. The largest absolute Gasteiger partial charge is 0.394 e. The highest BCUT2D eigenvalue weighted by Gasteiger charge is 2.19. The van der Waals surface area contributed by atoms with Crippen LogP contribution in [0.3, 0.4) is 0 Å². The number of nitro groups is 1. The van der Waals surface area contributed by atoms with Crippen LogP contribution in [0.5, 0.6) is 0 Å². The van der Waals surface area contributed by atoms with Crippen molar-refractivity contribution < 1.29 is 10.0 Å².